The quantitative estimate of drug-likeness (QED) is 0.210. The number of hydrogen-bond acceptors (Lipinski definition) is 6. The molecule has 0 N–H and O–H groups in total. The molecule has 5 rings (SSSR count). The molecule has 9 heteroatoms. The maximum absolute atomic E-state index is 12.6. The average Bonchev–Trinajstić information content (AvgIpc) is 3.32. The third-order valence-corrected chi connectivity index (χ3v) is 11.5. The van der Waals surface area contributed by atoms with Gasteiger partial charge in [-0.2, -0.15) is 0 Å². The van der Waals surface area contributed by atoms with E-state index in [-0.39, 0.29) is 26.9 Å². The summed E-state index contributed by atoms with van der Waals surface area (Å²) < 4.78 is 12.6. The van der Waals surface area contributed by atoms with Crippen LogP contribution in [0.25, 0.3) is 10.1 Å². The number of thiophene rings is 1. The minimum atomic E-state index is -0.425. The first-order valence-electron chi connectivity index (χ1n) is 11.6. The van der Waals surface area contributed by atoms with Gasteiger partial charge in [-0.05, 0) is 0 Å². The molecule has 3 aromatic rings. The molecule has 0 spiro atoms. The van der Waals surface area contributed by atoms with E-state index in [1.165, 1.54) is 24.6 Å². The summed E-state index contributed by atoms with van der Waals surface area (Å²) in [5.41, 5.74) is 0.638. The van der Waals surface area contributed by atoms with E-state index in [2.05, 4.69) is 39.5 Å². The molecule has 3 unspecified atom stereocenters. The van der Waals surface area contributed by atoms with Crippen LogP contribution in [0.1, 0.15) is 37.6 Å². The van der Waals surface area contributed by atoms with Crippen molar-refractivity contribution < 1.29 is 25.9 Å². The van der Waals surface area contributed by atoms with Crippen LogP contribution >= 0.6 is 11.3 Å². The fourth-order valence-electron chi connectivity index (χ4n) is 5.03. The zero-order valence-electron chi connectivity index (χ0n) is 19.1. The van der Waals surface area contributed by atoms with Gasteiger partial charge in [0.05, 0.1) is 0 Å². The van der Waals surface area contributed by atoms with E-state index >= 15 is 0 Å². The van der Waals surface area contributed by atoms with Crippen LogP contribution in [-0.4, -0.2) is 46.2 Å². The Labute approximate surface area is 207 Å². The molecule has 178 valence electrons. The third-order valence-electron chi connectivity index (χ3n) is 6.76. The van der Waals surface area contributed by atoms with Crippen molar-refractivity contribution in [1.82, 2.24) is 19.0 Å². The summed E-state index contributed by atoms with van der Waals surface area (Å²) in [4.78, 5) is 31.5. The van der Waals surface area contributed by atoms with E-state index < -0.39 is 5.69 Å². The van der Waals surface area contributed by atoms with Gasteiger partial charge in [0.2, 0.25) is 0 Å². The predicted octanol–water partition coefficient (Wildman–Crippen LogP) is -0.183. The van der Waals surface area contributed by atoms with Gasteiger partial charge in [0.15, 0.2) is 0 Å². The molecule has 0 radical (unpaired) electrons. The fraction of sp³-hybridized carbons (Fsp3) is 0.542. The Kier molecular flexibility index (Phi) is 7.01. The Morgan fingerprint density at radius 3 is 2.85 bits per heavy atom. The number of piperidine rings is 1. The Bertz CT molecular complexity index is 1240. The minimum absolute atomic E-state index is 0.148. The molecule has 2 aromatic heterocycles. The van der Waals surface area contributed by atoms with Crippen LogP contribution in [0.15, 0.2) is 39.2 Å². The van der Waals surface area contributed by atoms with Crippen LogP contribution in [0, 0.1) is 6.92 Å². The van der Waals surface area contributed by atoms with Gasteiger partial charge in [-0.25, -0.2) is 0 Å². The second kappa shape index (κ2) is 9.97. The van der Waals surface area contributed by atoms with Gasteiger partial charge in [0.25, 0.3) is 0 Å². The molecular formula is C24H30IN4O3S-. The summed E-state index contributed by atoms with van der Waals surface area (Å²) >= 11 is 1.94. The zero-order chi connectivity index (χ0) is 22.9. The number of aromatic nitrogens is 3. The number of halogens is 1. The summed E-state index contributed by atoms with van der Waals surface area (Å²) in [6, 6.07) is 9.13. The summed E-state index contributed by atoms with van der Waals surface area (Å²) in [6.07, 6.45) is 3.33. The molecular weight excluding hydrogens is 551 g/mol. The summed E-state index contributed by atoms with van der Waals surface area (Å²) in [6.45, 7) is 6.21. The summed E-state index contributed by atoms with van der Waals surface area (Å²) in [5.74, 6) is 0.490. The number of ether oxygens (including phenoxy) is 1. The van der Waals surface area contributed by atoms with Gasteiger partial charge in [0.1, 0.15) is 0 Å². The third kappa shape index (κ3) is 4.69. The maximum atomic E-state index is 12.6. The number of benzene rings is 1. The SMILES string of the molecule is CCn1c(C)nc(=O)n(CCCN2C3C[I-]C2CC(OCc2csc4ccccc24)C3)c1=O. The summed E-state index contributed by atoms with van der Waals surface area (Å²) in [7, 11) is 0. The molecule has 2 aliphatic rings. The second-order valence-electron chi connectivity index (χ2n) is 8.77. The van der Waals surface area contributed by atoms with E-state index in [4.69, 9.17) is 4.74 Å². The first kappa shape index (κ1) is 23.2. The van der Waals surface area contributed by atoms with E-state index in [0.29, 0.717) is 41.7 Å². The van der Waals surface area contributed by atoms with Crippen LogP contribution in [0.2, 0.25) is 0 Å². The second-order valence-corrected chi connectivity index (χ2v) is 12.9. The van der Waals surface area contributed by atoms with Crippen LogP contribution in [0.5, 0.6) is 0 Å². The average molecular weight is 582 g/mol. The number of fused-ring (bicyclic) bond motifs is 3. The fourth-order valence-corrected chi connectivity index (χ4v) is 10.2. The number of alkyl halides is 2. The monoisotopic (exact) mass is 581 g/mol. The topological polar surface area (TPSA) is 69.4 Å². The number of nitrogens with zero attached hydrogens (tertiary/aromatic N) is 4. The molecule has 3 atom stereocenters. The molecule has 7 nitrogen and oxygen atoms in total. The van der Waals surface area contributed by atoms with Crippen molar-refractivity contribution in [2.75, 3.05) is 11.0 Å². The first-order valence-corrected chi connectivity index (χ1v) is 15.3. The molecule has 0 amide bonds. The van der Waals surface area contributed by atoms with Gasteiger partial charge in [0, 0.05) is 0 Å². The summed E-state index contributed by atoms with van der Waals surface area (Å²) in [5, 5.41) is 3.55. The Hall–Kier alpha value is -1.56. The van der Waals surface area contributed by atoms with Gasteiger partial charge in [-0.15, -0.1) is 0 Å². The van der Waals surface area contributed by atoms with Gasteiger partial charge in [-0.1, -0.05) is 0 Å². The number of hydrogen-bond donors (Lipinski definition) is 0. The molecule has 1 aromatic carbocycles. The predicted molar refractivity (Wildman–Crippen MR) is 127 cm³/mol. The zero-order valence-corrected chi connectivity index (χ0v) is 22.0. The van der Waals surface area contributed by atoms with E-state index in [9.17, 15) is 9.59 Å². The van der Waals surface area contributed by atoms with Gasteiger partial charge in [-0.3, -0.25) is 0 Å². The molecule has 0 aliphatic carbocycles. The van der Waals surface area contributed by atoms with Gasteiger partial charge < -0.3 is 0 Å². The molecule has 2 bridgehead atoms. The Balaban J connectivity index is 1.16. The van der Waals surface area contributed by atoms with Crippen LogP contribution in [-0.2, 0) is 24.4 Å². The molecule has 0 saturated carbocycles. The molecule has 33 heavy (non-hydrogen) atoms. The molecule has 4 heterocycles. The molecule has 2 fully saturated rings. The van der Waals surface area contributed by atoms with Crippen molar-refractivity contribution in [2.45, 2.75) is 69.0 Å². The van der Waals surface area contributed by atoms with Crippen molar-refractivity contribution in [3.8, 4) is 0 Å². The standard InChI is InChI=1S/C24H30IN4O3S/c1-3-27-16(2)26-23(30)29(24(27)31)10-6-9-28-18-11-19(12-22(28)25-13-18)32-14-17-15-33-21-8-5-4-7-20(17)21/h4-5,7-8,15,18-19,22H,3,6,9-14H2,1-2H3/q-1. The molecule has 2 aliphatic heterocycles. The molecule has 2 saturated heterocycles. The van der Waals surface area contributed by atoms with Crippen molar-refractivity contribution in [1.29, 1.82) is 0 Å². The van der Waals surface area contributed by atoms with Crippen LogP contribution < -0.4 is 32.6 Å². The van der Waals surface area contributed by atoms with Crippen molar-refractivity contribution in [3.05, 3.63) is 62.0 Å². The van der Waals surface area contributed by atoms with Crippen LogP contribution in [0.4, 0.5) is 0 Å². The van der Waals surface area contributed by atoms with Crippen LogP contribution in [0.3, 0.4) is 0 Å². The number of rotatable bonds is 8. The normalized spacial score (nSPS) is 23.2. The van der Waals surface area contributed by atoms with E-state index in [1.54, 1.807) is 22.8 Å². The van der Waals surface area contributed by atoms with Gasteiger partial charge >= 0.3 is 208 Å². The van der Waals surface area contributed by atoms with E-state index in [0.717, 1.165) is 25.8 Å². The Morgan fingerprint density at radius 2 is 2.03 bits per heavy atom. The van der Waals surface area contributed by atoms with Crippen molar-refractivity contribution in [2.24, 2.45) is 0 Å². The van der Waals surface area contributed by atoms with Crippen molar-refractivity contribution in [3.63, 3.8) is 0 Å². The first-order chi connectivity index (χ1) is 16.0. The Morgan fingerprint density at radius 1 is 1.18 bits per heavy atom. The van der Waals surface area contributed by atoms with Crippen molar-refractivity contribution >= 4 is 21.4 Å². The number of aryl methyl sites for hydroxylation is 1. The van der Waals surface area contributed by atoms with E-state index in [1.807, 2.05) is 6.92 Å².